The Morgan fingerprint density at radius 3 is 2.55 bits per heavy atom. The van der Waals surface area contributed by atoms with Gasteiger partial charge in [0, 0.05) is 10.9 Å². The maximum Gasteiger partial charge on any atom is 0.275 e. The Labute approximate surface area is 163 Å². The summed E-state index contributed by atoms with van der Waals surface area (Å²) in [7, 11) is 0. The van der Waals surface area contributed by atoms with E-state index in [1.54, 1.807) is 36.4 Å². The molecule has 0 atom stereocenters. The summed E-state index contributed by atoms with van der Waals surface area (Å²) in [6, 6.07) is 13.4. The average molecular weight is 395 g/mol. The number of rotatable bonds is 5. The number of hydrogen-bond acceptors (Lipinski definition) is 4. The summed E-state index contributed by atoms with van der Waals surface area (Å²) in [6.07, 6.45) is 1.49. The molecule has 8 heteroatoms. The van der Waals surface area contributed by atoms with Crippen LogP contribution in [-0.4, -0.2) is 15.7 Å². The number of nitrogens with zero attached hydrogens (tertiary/aromatic N) is 2. The van der Waals surface area contributed by atoms with Gasteiger partial charge in [0.25, 0.3) is 5.56 Å². The lowest BCUT2D eigenvalue weighted by Gasteiger charge is -2.11. The van der Waals surface area contributed by atoms with Crippen molar-refractivity contribution in [1.29, 1.82) is 0 Å². The van der Waals surface area contributed by atoms with Gasteiger partial charge in [-0.1, -0.05) is 18.2 Å². The van der Waals surface area contributed by atoms with Crippen molar-refractivity contribution in [3.05, 3.63) is 88.6 Å². The number of carbonyl (C=O) groups is 1. The van der Waals surface area contributed by atoms with Gasteiger partial charge in [0.05, 0.1) is 23.9 Å². The second-order valence-electron chi connectivity index (χ2n) is 6.34. The Morgan fingerprint density at radius 2 is 1.83 bits per heavy atom. The third-order valence-corrected chi connectivity index (χ3v) is 4.39. The van der Waals surface area contributed by atoms with Crippen LogP contribution in [0.25, 0.3) is 22.0 Å². The quantitative estimate of drug-likeness (QED) is 0.563. The number of nitrogens with one attached hydrogen (secondary N) is 1. The van der Waals surface area contributed by atoms with Crippen LogP contribution < -0.4 is 10.9 Å². The molecule has 0 fully saturated rings. The Hall–Kier alpha value is -3.81. The van der Waals surface area contributed by atoms with Crippen molar-refractivity contribution < 1.29 is 18.0 Å². The van der Waals surface area contributed by atoms with E-state index in [9.17, 15) is 18.4 Å². The molecular formula is C21H15F2N3O3. The molecule has 4 rings (SSSR count). The van der Waals surface area contributed by atoms with Gasteiger partial charge in [-0.3, -0.25) is 9.59 Å². The average Bonchev–Trinajstić information content (AvgIpc) is 3.24. The van der Waals surface area contributed by atoms with Gasteiger partial charge in [-0.2, -0.15) is 5.10 Å². The number of furan rings is 1. The van der Waals surface area contributed by atoms with Crippen molar-refractivity contribution in [3.8, 4) is 11.3 Å². The van der Waals surface area contributed by atoms with Crippen LogP contribution in [0, 0.1) is 11.6 Å². The summed E-state index contributed by atoms with van der Waals surface area (Å²) < 4.78 is 33.2. The van der Waals surface area contributed by atoms with Crippen LogP contribution >= 0.6 is 0 Å². The van der Waals surface area contributed by atoms with E-state index in [1.165, 1.54) is 12.3 Å². The van der Waals surface area contributed by atoms with Crippen LogP contribution in [0.5, 0.6) is 0 Å². The van der Waals surface area contributed by atoms with Crippen LogP contribution in [0.4, 0.5) is 8.78 Å². The second-order valence-corrected chi connectivity index (χ2v) is 6.34. The minimum absolute atomic E-state index is 0.171. The van der Waals surface area contributed by atoms with E-state index in [1.807, 2.05) is 0 Å². The molecule has 0 unspecified atom stereocenters. The molecule has 0 radical (unpaired) electrons. The van der Waals surface area contributed by atoms with Crippen molar-refractivity contribution in [2.75, 3.05) is 0 Å². The minimum Gasteiger partial charge on any atom is -0.467 e. The van der Waals surface area contributed by atoms with E-state index in [0.29, 0.717) is 22.1 Å². The molecule has 2 aromatic carbocycles. The predicted molar refractivity (Wildman–Crippen MR) is 102 cm³/mol. The molecule has 0 spiro atoms. The zero-order chi connectivity index (χ0) is 20.4. The first-order valence-electron chi connectivity index (χ1n) is 8.77. The highest BCUT2D eigenvalue weighted by molar-refractivity contribution is 5.93. The normalized spacial score (nSPS) is 11.0. The van der Waals surface area contributed by atoms with Crippen molar-refractivity contribution in [2.24, 2.45) is 0 Å². The summed E-state index contributed by atoms with van der Waals surface area (Å²) in [5.41, 5.74) is 0.114. The number of fused-ring (bicyclic) bond motifs is 1. The summed E-state index contributed by atoms with van der Waals surface area (Å²) in [5.74, 6) is -1.88. The molecule has 2 aromatic heterocycles. The van der Waals surface area contributed by atoms with Crippen molar-refractivity contribution in [1.82, 2.24) is 15.1 Å². The summed E-state index contributed by atoms with van der Waals surface area (Å²) in [4.78, 5) is 25.0. The molecule has 1 N–H and O–H groups in total. The van der Waals surface area contributed by atoms with Gasteiger partial charge in [0.2, 0.25) is 5.91 Å². The molecule has 0 saturated heterocycles. The zero-order valence-electron chi connectivity index (χ0n) is 15.1. The third-order valence-electron chi connectivity index (χ3n) is 4.39. The number of aromatic nitrogens is 2. The lowest BCUT2D eigenvalue weighted by Crippen LogP contribution is -2.33. The smallest absolute Gasteiger partial charge is 0.275 e. The maximum absolute atomic E-state index is 13.7. The van der Waals surface area contributed by atoms with Gasteiger partial charge in [-0.25, -0.2) is 13.5 Å². The predicted octanol–water partition coefficient (Wildman–Crippen LogP) is 3.25. The van der Waals surface area contributed by atoms with E-state index in [-0.39, 0.29) is 18.8 Å². The SMILES string of the molecule is O=C(Cn1nc(-c2ccc(F)c(F)c2)c2ccccc2c1=O)NCc1ccco1. The fraction of sp³-hybridized carbons (Fsp3) is 0.0952. The molecule has 146 valence electrons. The molecule has 0 aliphatic heterocycles. The maximum atomic E-state index is 13.7. The van der Waals surface area contributed by atoms with Crippen LogP contribution in [0.15, 0.2) is 70.1 Å². The van der Waals surface area contributed by atoms with Crippen molar-refractivity contribution >= 4 is 16.7 Å². The molecular weight excluding hydrogens is 380 g/mol. The first-order valence-corrected chi connectivity index (χ1v) is 8.77. The highest BCUT2D eigenvalue weighted by Gasteiger charge is 2.15. The lowest BCUT2D eigenvalue weighted by molar-refractivity contribution is -0.122. The van der Waals surface area contributed by atoms with Crippen molar-refractivity contribution in [3.63, 3.8) is 0 Å². The van der Waals surface area contributed by atoms with E-state index < -0.39 is 23.1 Å². The second kappa shape index (κ2) is 7.67. The number of halogens is 2. The Balaban J connectivity index is 1.72. The van der Waals surface area contributed by atoms with Crippen LogP contribution in [0.2, 0.25) is 0 Å². The number of carbonyl (C=O) groups excluding carboxylic acids is 1. The zero-order valence-corrected chi connectivity index (χ0v) is 15.1. The van der Waals surface area contributed by atoms with Crippen LogP contribution in [-0.2, 0) is 17.9 Å². The van der Waals surface area contributed by atoms with Crippen LogP contribution in [0.1, 0.15) is 5.76 Å². The molecule has 0 aliphatic rings. The Kier molecular flexibility index (Phi) is 4.90. The van der Waals surface area contributed by atoms with Gasteiger partial charge < -0.3 is 9.73 Å². The van der Waals surface area contributed by atoms with E-state index >= 15 is 0 Å². The molecule has 0 saturated carbocycles. The van der Waals surface area contributed by atoms with Gasteiger partial charge in [-0.15, -0.1) is 0 Å². The summed E-state index contributed by atoms with van der Waals surface area (Å²) in [6.45, 7) is -0.161. The molecule has 0 aliphatic carbocycles. The van der Waals surface area contributed by atoms with Crippen LogP contribution in [0.3, 0.4) is 0 Å². The van der Waals surface area contributed by atoms with E-state index in [4.69, 9.17) is 4.42 Å². The van der Waals surface area contributed by atoms with Gasteiger partial charge >= 0.3 is 0 Å². The number of benzene rings is 2. The highest BCUT2D eigenvalue weighted by Crippen LogP contribution is 2.25. The monoisotopic (exact) mass is 395 g/mol. The van der Waals surface area contributed by atoms with E-state index in [2.05, 4.69) is 10.4 Å². The topological polar surface area (TPSA) is 77.1 Å². The Morgan fingerprint density at radius 1 is 1.03 bits per heavy atom. The number of amides is 1. The molecule has 0 bridgehead atoms. The molecule has 6 nitrogen and oxygen atoms in total. The first kappa shape index (κ1) is 18.5. The fourth-order valence-corrected chi connectivity index (χ4v) is 2.99. The third kappa shape index (κ3) is 3.77. The largest absolute Gasteiger partial charge is 0.467 e. The standard InChI is InChI=1S/C21H15F2N3O3/c22-17-8-7-13(10-18(17)23)20-15-5-1-2-6-16(15)21(28)26(25-20)12-19(27)24-11-14-4-3-9-29-14/h1-10H,11-12H2,(H,24,27). The minimum atomic E-state index is -1.03. The lowest BCUT2D eigenvalue weighted by atomic mass is 10.0. The summed E-state index contributed by atoms with van der Waals surface area (Å²) in [5, 5.41) is 7.70. The fourth-order valence-electron chi connectivity index (χ4n) is 2.99. The highest BCUT2D eigenvalue weighted by atomic mass is 19.2. The van der Waals surface area contributed by atoms with Gasteiger partial charge in [0.1, 0.15) is 12.3 Å². The number of hydrogen-bond donors (Lipinski definition) is 1. The summed E-state index contributed by atoms with van der Waals surface area (Å²) >= 11 is 0. The molecule has 29 heavy (non-hydrogen) atoms. The molecule has 2 heterocycles. The van der Waals surface area contributed by atoms with Crippen molar-refractivity contribution in [2.45, 2.75) is 13.1 Å². The van der Waals surface area contributed by atoms with Gasteiger partial charge in [-0.05, 0) is 36.4 Å². The first-order chi connectivity index (χ1) is 14.0. The molecule has 4 aromatic rings. The van der Waals surface area contributed by atoms with Gasteiger partial charge in [0.15, 0.2) is 11.6 Å². The molecule has 1 amide bonds. The Bertz CT molecular complexity index is 1250. The van der Waals surface area contributed by atoms with E-state index in [0.717, 1.165) is 16.8 Å².